The summed E-state index contributed by atoms with van der Waals surface area (Å²) in [5.74, 6) is -0.774. The minimum Gasteiger partial charge on any atom is -0.472 e. The quantitative estimate of drug-likeness (QED) is 0.485. The van der Waals surface area contributed by atoms with E-state index in [0.717, 1.165) is 0 Å². The molecule has 1 atom stereocenters. The van der Waals surface area contributed by atoms with Crippen molar-refractivity contribution < 1.29 is 23.8 Å². The SMILES string of the molecule is COC(=O)c1c(NC(=O)c2ccoc2)c2cc(NC(C)CO)cnc2n1CC(C)C. The molecule has 1 amide bonds. The highest BCUT2D eigenvalue weighted by atomic mass is 16.5. The lowest BCUT2D eigenvalue weighted by molar-refractivity contribution is 0.0589. The van der Waals surface area contributed by atoms with Crippen LogP contribution < -0.4 is 10.6 Å². The van der Waals surface area contributed by atoms with Crippen molar-refractivity contribution in [2.24, 2.45) is 5.92 Å². The molecule has 30 heavy (non-hydrogen) atoms. The molecule has 9 heteroatoms. The fraction of sp³-hybridized carbons (Fsp3) is 0.381. The maximum atomic E-state index is 12.7. The Hall–Kier alpha value is -3.33. The van der Waals surface area contributed by atoms with Crippen molar-refractivity contribution in [3.63, 3.8) is 0 Å². The van der Waals surface area contributed by atoms with Gasteiger partial charge in [-0.15, -0.1) is 0 Å². The molecule has 0 saturated carbocycles. The molecule has 9 nitrogen and oxygen atoms in total. The van der Waals surface area contributed by atoms with E-state index in [2.05, 4.69) is 15.6 Å². The van der Waals surface area contributed by atoms with Gasteiger partial charge >= 0.3 is 5.97 Å². The van der Waals surface area contributed by atoms with Crippen LogP contribution in [0.3, 0.4) is 0 Å². The first-order chi connectivity index (χ1) is 14.3. The molecule has 0 aliphatic heterocycles. The Morgan fingerprint density at radius 1 is 1.33 bits per heavy atom. The number of furan rings is 1. The van der Waals surface area contributed by atoms with Crippen molar-refractivity contribution in [2.75, 3.05) is 24.4 Å². The molecule has 0 spiro atoms. The number of fused-ring (bicyclic) bond motifs is 1. The van der Waals surface area contributed by atoms with Crippen molar-refractivity contribution in [3.05, 3.63) is 42.1 Å². The van der Waals surface area contributed by atoms with Crippen LogP contribution in [0.1, 0.15) is 41.6 Å². The number of nitrogens with zero attached hydrogens (tertiary/aromatic N) is 2. The molecule has 3 aromatic rings. The lowest BCUT2D eigenvalue weighted by atomic mass is 10.2. The lowest BCUT2D eigenvalue weighted by Crippen LogP contribution is -2.19. The van der Waals surface area contributed by atoms with E-state index < -0.39 is 11.9 Å². The molecule has 1 unspecified atom stereocenters. The number of pyridine rings is 1. The number of aliphatic hydroxyl groups is 1. The molecule has 0 bridgehead atoms. The first-order valence-electron chi connectivity index (χ1n) is 9.67. The first kappa shape index (κ1) is 21.4. The van der Waals surface area contributed by atoms with Gasteiger partial charge in [-0.2, -0.15) is 0 Å². The van der Waals surface area contributed by atoms with E-state index >= 15 is 0 Å². The van der Waals surface area contributed by atoms with Crippen LogP contribution in [0.15, 0.2) is 35.3 Å². The number of carbonyl (C=O) groups excluding carboxylic acids is 2. The van der Waals surface area contributed by atoms with Crippen LogP contribution in [0.5, 0.6) is 0 Å². The third-order valence-electron chi connectivity index (χ3n) is 4.53. The highest BCUT2D eigenvalue weighted by molar-refractivity contribution is 6.14. The van der Waals surface area contributed by atoms with Crippen LogP contribution >= 0.6 is 0 Å². The Bertz CT molecular complexity index is 1040. The number of aliphatic hydroxyl groups excluding tert-OH is 1. The van der Waals surface area contributed by atoms with Gasteiger partial charge in [-0.1, -0.05) is 13.8 Å². The van der Waals surface area contributed by atoms with Crippen molar-refractivity contribution in [2.45, 2.75) is 33.4 Å². The summed E-state index contributed by atoms with van der Waals surface area (Å²) in [7, 11) is 1.30. The third-order valence-corrected chi connectivity index (χ3v) is 4.53. The third kappa shape index (κ3) is 4.30. The Balaban J connectivity index is 2.19. The number of rotatable bonds is 8. The maximum Gasteiger partial charge on any atom is 0.356 e. The zero-order valence-electron chi connectivity index (χ0n) is 17.4. The molecule has 0 aromatic carbocycles. The van der Waals surface area contributed by atoms with Crippen LogP contribution in [0, 0.1) is 5.92 Å². The molecule has 3 N–H and O–H groups in total. The number of methoxy groups -OCH3 is 1. The van der Waals surface area contributed by atoms with Crippen molar-refractivity contribution >= 4 is 34.3 Å². The number of amides is 1. The van der Waals surface area contributed by atoms with E-state index in [-0.39, 0.29) is 24.3 Å². The minimum absolute atomic E-state index is 0.0517. The van der Waals surface area contributed by atoms with Gasteiger partial charge in [-0.25, -0.2) is 9.78 Å². The highest BCUT2D eigenvalue weighted by Gasteiger charge is 2.27. The number of aromatic nitrogens is 2. The minimum atomic E-state index is -0.575. The Morgan fingerprint density at radius 3 is 2.70 bits per heavy atom. The summed E-state index contributed by atoms with van der Waals surface area (Å²) >= 11 is 0. The number of hydrogen-bond acceptors (Lipinski definition) is 7. The molecular formula is C21H26N4O5. The number of anilines is 2. The second-order valence-electron chi connectivity index (χ2n) is 7.51. The van der Waals surface area contributed by atoms with Gasteiger partial charge in [-0.3, -0.25) is 4.79 Å². The largest absolute Gasteiger partial charge is 0.472 e. The zero-order chi connectivity index (χ0) is 21.8. The van der Waals surface area contributed by atoms with E-state index in [9.17, 15) is 14.7 Å². The first-order valence-corrected chi connectivity index (χ1v) is 9.67. The molecule has 0 fully saturated rings. The fourth-order valence-electron chi connectivity index (χ4n) is 3.19. The number of nitrogens with one attached hydrogen (secondary N) is 2. The standard InChI is InChI=1S/C21H26N4O5/c1-12(2)9-25-18(21(28)29-4)17(24-20(27)14-5-6-30-11-14)16-7-15(8-22-19(16)25)23-13(3)10-26/h5-8,11-13,23,26H,9-10H2,1-4H3,(H,24,27). The van der Waals surface area contributed by atoms with Gasteiger partial charge in [-0.05, 0) is 25.0 Å². The predicted molar refractivity (Wildman–Crippen MR) is 113 cm³/mol. The molecule has 0 aliphatic carbocycles. The molecule has 3 aromatic heterocycles. The Labute approximate surface area is 174 Å². The Kier molecular flexibility index (Phi) is 6.41. The summed E-state index contributed by atoms with van der Waals surface area (Å²) in [4.78, 5) is 29.9. The number of carbonyl (C=O) groups is 2. The number of hydrogen-bond donors (Lipinski definition) is 3. The summed E-state index contributed by atoms with van der Waals surface area (Å²) in [6.07, 6.45) is 4.36. The van der Waals surface area contributed by atoms with Gasteiger partial charge in [0.25, 0.3) is 5.91 Å². The van der Waals surface area contributed by atoms with Crippen molar-refractivity contribution in [1.29, 1.82) is 0 Å². The maximum absolute atomic E-state index is 12.7. The Morgan fingerprint density at radius 2 is 2.10 bits per heavy atom. The molecule has 160 valence electrons. The fourth-order valence-corrected chi connectivity index (χ4v) is 3.19. The second kappa shape index (κ2) is 9.00. The van der Waals surface area contributed by atoms with Gasteiger partial charge in [0, 0.05) is 18.0 Å². The van der Waals surface area contributed by atoms with Crippen LogP contribution in [0.25, 0.3) is 11.0 Å². The van der Waals surface area contributed by atoms with Gasteiger partial charge in [0.15, 0.2) is 5.69 Å². The summed E-state index contributed by atoms with van der Waals surface area (Å²) < 4.78 is 11.8. The van der Waals surface area contributed by atoms with Crippen LogP contribution in [0.2, 0.25) is 0 Å². The van der Waals surface area contributed by atoms with E-state index in [1.165, 1.54) is 25.7 Å². The van der Waals surface area contributed by atoms with Crippen LogP contribution in [-0.2, 0) is 11.3 Å². The summed E-state index contributed by atoms with van der Waals surface area (Å²) in [6.45, 7) is 6.33. The average Bonchev–Trinajstić information content (AvgIpc) is 3.35. The lowest BCUT2D eigenvalue weighted by Gasteiger charge is -2.13. The molecule has 0 aliphatic rings. The highest BCUT2D eigenvalue weighted by Crippen LogP contribution is 2.33. The number of ether oxygens (including phenoxy) is 1. The van der Waals surface area contributed by atoms with E-state index in [1.54, 1.807) is 16.8 Å². The van der Waals surface area contributed by atoms with Crippen molar-refractivity contribution in [1.82, 2.24) is 9.55 Å². The molecule has 3 heterocycles. The van der Waals surface area contributed by atoms with Gasteiger partial charge in [0.1, 0.15) is 11.9 Å². The monoisotopic (exact) mass is 414 g/mol. The summed E-state index contributed by atoms with van der Waals surface area (Å²) in [5, 5.41) is 15.9. The van der Waals surface area contributed by atoms with E-state index in [4.69, 9.17) is 9.15 Å². The summed E-state index contributed by atoms with van der Waals surface area (Å²) in [6, 6.07) is 3.14. The molecular weight excluding hydrogens is 388 g/mol. The molecule has 0 saturated heterocycles. The van der Waals surface area contributed by atoms with Gasteiger partial charge < -0.3 is 29.5 Å². The van der Waals surface area contributed by atoms with Crippen LogP contribution in [-0.4, -0.2) is 46.3 Å². The zero-order valence-corrected chi connectivity index (χ0v) is 17.4. The molecule has 0 radical (unpaired) electrons. The summed E-state index contributed by atoms with van der Waals surface area (Å²) in [5.41, 5.74) is 2.07. The molecule has 3 rings (SSSR count). The van der Waals surface area contributed by atoms with E-state index in [0.29, 0.717) is 34.5 Å². The topological polar surface area (TPSA) is 119 Å². The number of esters is 1. The van der Waals surface area contributed by atoms with Crippen LogP contribution in [0.4, 0.5) is 11.4 Å². The predicted octanol–water partition coefficient (Wildman–Crippen LogP) is 3.12. The van der Waals surface area contributed by atoms with Gasteiger partial charge in [0.2, 0.25) is 0 Å². The normalized spacial score (nSPS) is 12.2. The van der Waals surface area contributed by atoms with Gasteiger partial charge in [0.05, 0.1) is 43.1 Å². The van der Waals surface area contributed by atoms with E-state index in [1.807, 2.05) is 20.8 Å². The smallest absolute Gasteiger partial charge is 0.356 e. The second-order valence-corrected chi connectivity index (χ2v) is 7.51. The van der Waals surface area contributed by atoms with Crippen molar-refractivity contribution in [3.8, 4) is 0 Å². The average molecular weight is 414 g/mol.